The molecule has 9 heteroatoms. The van der Waals surface area contributed by atoms with Crippen molar-refractivity contribution in [3.05, 3.63) is 82.1 Å². The highest BCUT2D eigenvalue weighted by Crippen LogP contribution is 2.25. The van der Waals surface area contributed by atoms with Gasteiger partial charge in [-0.15, -0.1) is 0 Å². The van der Waals surface area contributed by atoms with Gasteiger partial charge in [0.1, 0.15) is 6.61 Å². The minimum Gasteiger partial charge on any atom is -0.472 e. The van der Waals surface area contributed by atoms with E-state index in [1.807, 2.05) is 6.07 Å². The Hall–Kier alpha value is -2.74. The van der Waals surface area contributed by atoms with E-state index in [1.54, 1.807) is 42.5 Å². The Kier molecular flexibility index (Phi) is 6.76. The molecule has 0 spiro atoms. The van der Waals surface area contributed by atoms with Gasteiger partial charge in [0.2, 0.25) is 5.88 Å². The van der Waals surface area contributed by atoms with Crippen molar-refractivity contribution in [3.8, 4) is 5.88 Å². The van der Waals surface area contributed by atoms with Crippen molar-refractivity contribution in [2.75, 3.05) is 5.32 Å². The summed E-state index contributed by atoms with van der Waals surface area (Å²) in [4.78, 5) is 20.4. The molecule has 0 saturated heterocycles. The van der Waals surface area contributed by atoms with Crippen molar-refractivity contribution in [1.29, 1.82) is 0 Å². The number of carbonyl (C=O) groups excluding carboxylic acids is 1. The molecule has 0 aliphatic heterocycles. The predicted molar refractivity (Wildman–Crippen MR) is 113 cm³/mol. The van der Waals surface area contributed by atoms with Crippen molar-refractivity contribution in [2.45, 2.75) is 6.61 Å². The number of aromatic nitrogens is 2. The highest BCUT2D eigenvalue weighted by molar-refractivity contribution is 7.80. The summed E-state index contributed by atoms with van der Waals surface area (Å²) in [6, 6.07) is 13.9. The number of amides is 1. The summed E-state index contributed by atoms with van der Waals surface area (Å²) >= 11 is 17.4. The van der Waals surface area contributed by atoms with Gasteiger partial charge in [0.25, 0.3) is 5.91 Å². The third-order valence-corrected chi connectivity index (χ3v) is 4.46. The van der Waals surface area contributed by atoms with Crippen LogP contribution in [0.25, 0.3) is 0 Å². The van der Waals surface area contributed by atoms with E-state index >= 15 is 0 Å². The van der Waals surface area contributed by atoms with Crippen LogP contribution in [0, 0.1) is 0 Å². The van der Waals surface area contributed by atoms with Gasteiger partial charge >= 0.3 is 0 Å². The molecule has 142 valence electrons. The molecule has 0 atom stereocenters. The summed E-state index contributed by atoms with van der Waals surface area (Å²) in [5.41, 5.74) is 1.14. The molecule has 2 aromatic carbocycles. The van der Waals surface area contributed by atoms with Gasteiger partial charge in [-0.1, -0.05) is 47.5 Å². The zero-order chi connectivity index (χ0) is 19.9. The van der Waals surface area contributed by atoms with E-state index in [0.29, 0.717) is 27.0 Å². The lowest BCUT2D eigenvalue weighted by Gasteiger charge is -2.11. The second-order valence-corrected chi connectivity index (χ2v) is 6.73. The molecule has 0 saturated carbocycles. The Morgan fingerprint density at radius 1 is 1.04 bits per heavy atom. The van der Waals surface area contributed by atoms with E-state index in [0.717, 1.165) is 0 Å². The van der Waals surface area contributed by atoms with E-state index in [1.165, 1.54) is 12.4 Å². The normalized spacial score (nSPS) is 10.2. The van der Waals surface area contributed by atoms with E-state index in [2.05, 4.69) is 20.6 Å². The number of thiocarbonyl (C=S) groups is 1. The number of hydrogen-bond donors (Lipinski definition) is 2. The molecule has 0 aliphatic carbocycles. The van der Waals surface area contributed by atoms with Crippen molar-refractivity contribution in [1.82, 2.24) is 15.3 Å². The lowest BCUT2D eigenvalue weighted by Crippen LogP contribution is -2.34. The lowest BCUT2D eigenvalue weighted by atomic mass is 10.2. The number of rotatable bonds is 5. The molecule has 0 radical (unpaired) electrons. The fourth-order valence-corrected chi connectivity index (χ4v) is 2.91. The third kappa shape index (κ3) is 5.39. The Morgan fingerprint density at radius 2 is 1.75 bits per heavy atom. The zero-order valence-corrected chi connectivity index (χ0v) is 16.7. The summed E-state index contributed by atoms with van der Waals surface area (Å²) in [7, 11) is 0. The van der Waals surface area contributed by atoms with Gasteiger partial charge in [0.15, 0.2) is 10.9 Å². The van der Waals surface area contributed by atoms with Gasteiger partial charge in [-0.05, 0) is 36.5 Å². The highest BCUT2D eigenvalue weighted by atomic mass is 35.5. The number of benzene rings is 2. The maximum atomic E-state index is 12.1. The van der Waals surface area contributed by atoms with Gasteiger partial charge < -0.3 is 10.1 Å². The summed E-state index contributed by atoms with van der Waals surface area (Å²) in [6.07, 6.45) is 2.90. The van der Waals surface area contributed by atoms with Crippen LogP contribution in [0.1, 0.15) is 15.9 Å². The van der Waals surface area contributed by atoms with Crippen LogP contribution in [-0.2, 0) is 6.61 Å². The molecule has 1 aromatic heterocycles. The quantitative estimate of drug-likeness (QED) is 0.578. The predicted octanol–water partition coefficient (Wildman–Crippen LogP) is 4.49. The van der Waals surface area contributed by atoms with E-state index in [4.69, 9.17) is 40.2 Å². The number of hydrogen-bond acceptors (Lipinski definition) is 5. The molecule has 1 heterocycles. The molecule has 6 nitrogen and oxygen atoms in total. The van der Waals surface area contributed by atoms with Gasteiger partial charge in [-0.2, -0.15) is 4.98 Å². The summed E-state index contributed by atoms with van der Waals surface area (Å²) < 4.78 is 5.61. The molecule has 2 N–H and O–H groups in total. The average molecular weight is 433 g/mol. The molecule has 0 fully saturated rings. The molecule has 28 heavy (non-hydrogen) atoms. The molecule has 0 aliphatic rings. The molecular weight excluding hydrogens is 419 g/mol. The summed E-state index contributed by atoms with van der Waals surface area (Å²) in [5, 5.41) is 6.46. The van der Waals surface area contributed by atoms with E-state index in [-0.39, 0.29) is 23.5 Å². The van der Waals surface area contributed by atoms with Crippen molar-refractivity contribution >= 4 is 52.3 Å². The maximum Gasteiger partial charge on any atom is 0.257 e. The van der Waals surface area contributed by atoms with Gasteiger partial charge in [-0.3, -0.25) is 15.1 Å². The molecular formula is C19H14Cl2N4O2S. The average Bonchev–Trinajstić information content (AvgIpc) is 2.68. The van der Waals surface area contributed by atoms with Gasteiger partial charge in [-0.25, -0.2) is 0 Å². The van der Waals surface area contributed by atoms with Crippen LogP contribution in [-0.4, -0.2) is 21.0 Å². The summed E-state index contributed by atoms with van der Waals surface area (Å²) in [6.45, 7) is 0.131. The largest absolute Gasteiger partial charge is 0.472 e. The lowest BCUT2D eigenvalue weighted by molar-refractivity contribution is 0.0977. The van der Waals surface area contributed by atoms with E-state index < -0.39 is 0 Å². The SMILES string of the molecule is O=C(NC(=S)Nc1cncc(OCc2c(Cl)cccc2Cl)n1)c1ccccc1. The number of anilines is 1. The first-order valence-corrected chi connectivity index (χ1v) is 9.24. The fraction of sp³-hybridized carbons (Fsp3) is 0.0526. The van der Waals surface area contributed by atoms with E-state index in [9.17, 15) is 4.79 Å². The van der Waals surface area contributed by atoms with Crippen molar-refractivity contribution < 1.29 is 9.53 Å². The zero-order valence-electron chi connectivity index (χ0n) is 14.4. The van der Waals surface area contributed by atoms with Crippen LogP contribution < -0.4 is 15.4 Å². The van der Waals surface area contributed by atoms with Crippen LogP contribution in [0.5, 0.6) is 5.88 Å². The number of nitrogens with zero attached hydrogens (tertiary/aromatic N) is 2. The standard InChI is InChI=1S/C19H14Cl2N4O2S/c20-14-7-4-8-15(21)13(14)11-27-17-10-22-9-16(23-17)24-19(28)25-18(26)12-5-2-1-3-6-12/h1-10H,11H2,(H2,23,24,25,26,28). The first-order valence-electron chi connectivity index (χ1n) is 8.08. The molecule has 1 amide bonds. The first-order chi connectivity index (χ1) is 13.5. The Balaban J connectivity index is 1.60. The monoisotopic (exact) mass is 432 g/mol. The number of ether oxygens (including phenoxy) is 1. The van der Waals surface area contributed by atoms with Crippen molar-refractivity contribution in [3.63, 3.8) is 0 Å². The number of halogens is 2. The van der Waals surface area contributed by atoms with Crippen molar-refractivity contribution in [2.24, 2.45) is 0 Å². The van der Waals surface area contributed by atoms with Gasteiger partial charge in [0, 0.05) is 21.2 Å². The second-order valence-electron chi connectivity index (χ2n) is 5.51. The Bertz CT molecular complexity index is 982. The molecule has 3 aromatic rings. The molecule has 3 rings (SSSR count). The van der Waals surface area contributed by atoms with Crippen LogP contribution in [0.2, 0.25) is 10.0 Å². The Morgan fingerprint density at radius 3 is 2.46 bits per heavy atom. The third-order valence-electron chi connectivity index (χ3n) is 3.54. The topological polar surface area (TPSA) is 76.1 Å². The van der Waals surface area contributed by atoms with Gasteiger partial charge in [0.05, 0.1) is 12.4 Å². The smallest absolute Gasteiger partial charge is 0.257 e. The highest BCUT2D eigenvalue weighted by Gasteiger charge is 2.10. The molecule has 0 unspecified atom stereocenters. The minimum atomic E-state index is -0.327. The van der Waals surface area contributed by atoms with Crippen LogP contribution in [0.3, 0.4) is 0 Å². The van der Waals surface area contributed by atoms with Crippen LogP contribution in [0.15, 0.2) is 60.9 Å². The summed E-state index contributed by atoms with van der Waals surface area (Å²) in [5.74, 6) is 0.242. The fourth-order valence-electron chi connectivity index (χ4n) is 2.21. The number of carbonyl (C=O) groups is 1. The molecule has 0 bridgehead atoms. The van der Waals surface area contributed by atoms with Crippen LogP contribution >= 0.6 is 35.4 Å². The van der Waals surface area contributed by atoms with Crippen LogP contribution in [0.4, 0.5) is 5.82 Å². The Labute approximate surface area is 176 Å². The minimum absolute atomic E-state index is 0.0921. The maximum absolute atomic E-state index is 12.1. The first kappa shape index (κ1) is 20.0. The second kappa shape index (κ2) is 9.45. The number of nitrogens with one attached hydrogen (secondary N) is 2.